The number of ether oxygens (including phenoxy) is 1. The van der Waals surface area contributed by atoms with Crippen LogP contribution in [-0.2, 0) is 11.2 Å². The molecule has 198 valence electrons. The molecule has 1 aromatic carbocycles. The number of benzene rings is 1. The number of thiazole rings is 1. The van der Waals surface area contributed by atoms with Crippen molar-refractivity contribution >= 4 is 28.9 Å². The Bertz CT molecular complexity index is 1500. The van der Waals surface area contributed by atoms with Crippen LogP contribution in [0.4, 0.5) is 4.39 Å². The lowest BCUT2D eigenvalue weighted by Gasteiger charge is -2.27. The van der Waals surface area contributed by atoms with Gasteiger partial charge in [-0.2, -0.15) is 5.10 Å². The Morgan fingerprint density at radius 1 is 1.16 bits per heavy atom. The lowest BCUT2D eigenvalue weighted by molar-refractivity contribution is 0.0531. The summed E-state index contributed by atoms with van der Waals surface area (Å²) in [5.74, 6) is -0.979. The first-order valence-corrected chi connectivity index (χ1v) is 13.8. The first kappa shape index (κ1) is 26.0. The van der Waals surface area contributed by atoms with Crippen molar-refractivity contribution in [3.63, 3.8) is 0 Å². The summed E-state index contributed by atoms with van der Waals surface area (Å²) in [6, 6.07) is 8.47. The number of aromatic nitrogens is 4. The van der Waals surface area contributed by atoms with E-state index in [-0.39, 0.29) is 18.6 Å². The van der Waals surface area contributed by atoms with Gasteiger partial charge in [-0.25, -0.2) is 23.7 Å². The van der Waals surface area contributed by atoms with Crippen LogP contribution in [0.1, 0.15) is 72.3 Å². The van der Waals surface area contributed by atoms with E-state index in [0.29, 0.717) is 44.5 Å². The highest BCUT2D eigenvalue weighted by Gasteiger charge is 2.25. The number of rotatable bonds is 6. The van der Waals surface area contributed by atoms with Crippen LogP contribution in [0.25, 0.3) is 27.5 Å². The van der Waals surface area contributed by atoms with Crippen LogP contribution in [0, 0.1) is 5.82 Å². The standard InChI is InChI=1S/C28H30FN5O3S/c1-4-19-14-23(27(35)33-12-8-6-7-9-17(33)3)31-25-15-22(32-34(19)25)20-11-10-18(13-21(20)29)26-30-16-24(38-26)28(36)37-5-2/h10-11,13-17H,4-9,12H2,1-3H3/t17-/m1/s1. The number of fused-ring (bicyclic) bond motifs is 1. The Morgan fingerprint density at radius 2 is 2.00 bits per heavy atom. The summed E-state index contributed by atoms with van der Waals surface area (Å²) in [5, 5.41) is 5.15. The summed E-state index contributed by atoms with van der Waals surface area (Å²) in [4.78, 5) is 36.5. The van der Waals surface area contributed by atoms with Crippen molar-refractivity contribution in [1.82, 2.24) is 24.5 Å². The number of aryl methyl sites for hydroxylation is 1. The minimum atomic E-state index is -0.466. The molecule has 0 radical (unpaired) electrons. The van der Waals surface area contributed by atoms with E-state index in [1.165, 1.54) is 12.3 Å². The van der Waals surface area contributed by atoms with Gasteiger partial charge >= 0.3 is 5.97 Å². The lowest BCUT2D eigenvalue weighted by Crippen LogP contribution is -2.38. The van der Waals surface area contributed by atoms with Gasteiger partial charge in [0.25, 0.3) is 5.91 Å². The Hall–Kier alpha value is -3.66. The summed E-state index contributed by atoms with van der Waals surface area (Å²) in [6.07, 6.45) is 6.33. The maximum atomic E-state index is 15.3. The van der Waals surface area contributed by atoms with Crippen LogP contribution < -0.4 is 0 Å². The average molecular weight is 536 g/mol. The van der Waals surface area contributed by atoms with E-state index in [0.717, 1.165) is 49.3 Å². The summed E-state index contributed by atoms with van der Waals surface area (Å²) in [6.45, 7) is 6.83. The molecule has 1 amide bonds. The molecule has 1 aliphatic heterocycles. The van der Waals surface area contributed by atoms with Crippen molar-refractivity contribution in [2.24, 2.45) is 0 Å². The lowest BCUT2D eigenvalue weighted by atomic mass is 10.1. The summed E-state index contributed by atoms with van der Waals surface area (Å²) >= 11 is 1.15. The molecule has 4 heterocycles. The highest BCUT2D eigenvalue weighted by atomic mass is 32.1. The van der Waals surface area contributed by atoms with Crippen LogP contribution in [0.5, 0.6) is 0 Å². The third-order valence-corrected chi connectivity index (χ3v) is 7.90. The van der Waals surface area contributed by atoms with Gasteiger partial charge in [0.2, 0.25) is 0 Å². The molecule has 38 heavy (non-hydrogen) atoms. The Kier molecular flexibility index (Phi) is 7.51. The summed E-state index contributed by atoms with van der Waals surface area (Å²) in [7, 11) is 0. The highest BCUT2D eigenvalue weighted by molar-refractivity contribution is 7.16. The molecule has 1 fully saturated rings. The van der Waals surface area contributed by atoms with E-state index >= 15 is 4.39 Å². The van der Waals surface area contributed by atoms with Gasteiger partial charge in [0.1, 0.15) is 21.4 Å². The van der Waals surface area contributed by atoms with E-state index in [1.807, 2.05) is 11.8 Å². The van der Waals surface area contributed by atoms with Crippen molar-refractivity contribution in [3.05, 3.63) is 58.6 Å². The zero-order valence-corrected chi connectivity index (χ0v) is 22.6. The second kappa shape index (κ2) is 11.0. The number of carbonyl (C=O) groups is 2. The molecular weight excluding hydrogens is 505 g/mol. The predicted octanol–water partition coefficient (Wildman–Crippen LogP) is 5.80. The highest BCUT2D eigenvalue weighted by Crippen LogP contribution is 2.31. The van der Waals surface area contributed by atoms with Crippen LogP contribution >= 0.6 is 11.3 Å². The van der Waals surface area contributed by atoms with Gasteiger partial charge in [-0.3, -0.25) is 4.79 Å². The van der Waals surface area contributed by atoms with Gasteiger partial charge in [-0.15, -0.1) is 11.3 Å². The van der Waals surface area contributed by atoms with E-state index in [9.17, 15) is 9.59 Å². The number of esters is 1. The number of halogens is 1. The minimum absolute atomic E-state index is 0.0690. The topological polar surface area (TPSA) is 89.7 Å². The quantitative estimate of drug-likeness (QED) is 0.290. The molecule has 1 aliphatic rings. The smallest absolute Gasteiger partial charge is 0.349 e. The van der Waals surface area contributed by atoms with Crippen molar-refractivity contribution < 1.29 is 18.7 Å². The molecule has 0 aliphatic carbocycles. The van der Waals surface area contributed by atoms with Crippen molar-refractivity contribution in [2.45, 2.75) is 58.9 Å². The third-order valence-electron chi connectivity index (χ3n) is 6.87. The van der Waals surface area contributed by atoms with Crippen LogP contribution in [0.2, 0.25) is 0 Å². The van der Waals surface area contributed by atoms with Gasteiger partial charge in [0, 0.05) is 35.5 Å². The number of hydrogen-bond acceptors (Lipinski definition) is 7. The van der Waals surface area contributed by atoms with Gasteiger partial charge < -0.3 is 9.64 Å². The Balaban J connectivity index is 1.46. The number of hydrogen-bond donors (Lipinski definition) is 0. The number of nitrogens with zero attached hydrogens (tertiary/aromatic N) is 5. The van der Waals surface area contributed by atoms with E-state index in [1.54, 1.807) is 35.7 Å². The average Bonchev–Trinajstić information content (AvgIpc) is 3.52. The molecule has 1 atom stereocenters. The van der Waals surface area contributed by atoms with Gasteiger partial charge in [-0.05, 0) is 51.3 Å². The van der Waals surface area contributed by atoms with Crippen molar-refractivity contribution in [1.29, 1.82) is 0 Å². The molecule has 4 aromatic rings. The SMILES string of the molecule is CCOC(=O)c1cnc(-c2ccc(-c3cc4nc(C(=O)N5CCCCC[C@H]5C)cc(CC)n4n3)c(F)c2)s1. The second-order valence-corrected chi connectivity index (χ2v) is 10.5. The maximum absolute atomic E-state index is 15.3. The molecule has 1 saturated heterocycles. The van der Waals surface area contributed by atoms with Gasteiger partial charge in [0.05, 0.1) is 18.5 Å². The predicted molar refractivity (Wildman–Crippen MR) is 144 cm³/mol. The van der Waals surface area contributed by atoms with E-state index < -0.39 is 11.8 Å². The maximum Gasteiger partial charge on any atom is 0.349 e. The molecule has 0 saturated carbocycles. The molecule has 0 unspecified atom stereocenters. The largest absolute Gasteiger partial charge is 0.462 e. The number of carbonyl (C=O) groups excluding carboxylic acids is 2. The Morgan fingerprint density at radius 3 is 2.76 bits per heavy atom. The fourth-order valence-corrected chi connectivity index (χ4v) is 5.62. The van der Waals surface area contributed by atoms with Crippen molar-refractivity contribution in [2.75, 3.05) is 13.2 Å². The zero-order valence-electron chi connectivity index (χ0n) is 21.7. The fourth-order valence-electron chi connectivity index (χ4n) is 4.81. The summed E-state index contributed by atoms with van der Waals surface area (Å²) < 4.78 is 22.0. The first-order valence-electron chi connectivity index (χ1n) is 13.0. The monoisotopic (exact) mass is 535 g/mol. The zero-order chi connectivity index (χ0) is 26.8. The molecule has 10 heteroatoms. The molecule has 0 bridgehead atoms. The van der Waals surface area contributed by atoms with Crippen molar-refractivity contribution in [3.8, 4) is 21.8 Å². The fraction of sp³-hybridized carbons (Fsp3) is 0.393. The molecule has 3 aromatic heterocycles. The molecular formula is C28H30FN5O3S. The van der Waals surface area contributed by atoms with Crippen LogP contribution in [0.15, 0.2) is 36.5 Å². The molecule has 0 N–H and O–H groups in total. The Labute approximate surface area is 224 Å². The first-order chi connectivity index (χ1) is 18.4. The normalized spacial score (nSPS) is 16.0. The number of likely N-dealkylation sites (tertiary alicyclic amines) is 1. The minimum Gasteiger partial charge on any atom is -0.462 e. The summed E-state index contributed by atoms with van der Waals surface area (Å²) in [5.41, 5.74) is 3.04. The molecule has 0 spiro atoms. The van der Waals surface area contributed by atoms with Gasteiger partial charge in [0.15, 0.2) is 5.65 Å². The van der Waals surface area contributed by atoms with Crippen LogP contribution in [0.3, 0.4) is 0 Å². The second-order valence-electron chi connectivity index (χ2n) is 9.43. The third kappa shape index (κ3) is 5.05. The van der Waals surface area contributed by atoms with E-state index in [2.05, 4.69) is 22.0 Å². The van der Waals surface area contributed by atoms with Gasteiger partial charge in [-0.1, -0.05) is 25.8 Å². The van der Waals surface area contributed by atoms with E-state index in [4.69, 9.17) is 4.74 Å². The number of amides is 1. The molecule has 8 nitrogen and oxygen atoms in total. The molecule has 5 rings (SSSR count). The van der Waals surface area contributed by atoms with Crippen LogP contribution in [-0.4, -0.2) is 55.6 Å².